The molecule has 0 radical (unpaired) electrons. The average Bonchev–Trinajstić information content (AvgIpc) is 2.32. The van der Waals surface area contributed by atoms with Crippen LogP contribution in [0.25, 0.3) is 0 Å². The Morgan fingerprint density at radius 2 is 1.95 bits per heavy atom. The first-order valence-electron chi connectivity index (χ1n) is 6.20. The summed E-state index contributed by atoms with van der Waals surface area (Å²) in [6, 6.07) is -1.15. The molecule has 19 heavy (non-hydrogen) atoms. The maximum absolute atomic E-state index is 11.6. The molecule has 112 valence electrons. The number of aliphatic carboxylic acids is 1. The molecule has 0 saturated carbocycles. The minimum atomic E-state index is -3.80. The summed E-state index contributed by atoms with van der Waals surface area (Å²) in [4.78, 5) is 22.0. The molecule has 0 bridgehead atoms. The highest BCUT2D eigenvalue weighted by Gasteiger charge is 2.24. The van der Waals surface area contributed by atoms with Gasteiger partial charge in [0, 0.05) is 0 Å². The number of carbonyl (C=O) groups is 2. The van der Waals surface area contributed by atoms with Crippen LogP contribution in [0.3, 0.4) is 0 Å². The van der Waals surface area contributed by atoms with E-state index in [2.05, 4.69) is 9.46 Å². The van der Waals surface area contributed by atoms with Crippen LogP contribution in [0.15, 0.2) is 0 Å². The Morgan fingerprint density at radius 3 is 2.42 bits per heavy atom. The summed E-state index contributed by atoms with van der Waals surface area (Å²) in [5.74, 6) is -2.30. The standard InChI is InChI=1S/C11H21NO6S/c1-3-5-6-9(11(14)15)12-19(16,17)8-7-10(13)18-4-2/h9,12H,3-8H2,1-2H3,(H,14,15)/t9-/m0/s1. The van der Waals surface area contributed by atoms with Gasteiger partial charge in [0.05, 0.1) is 18.8 Å². The third-order valence-corrected chi connectivity index (χ3v) is 3.73. The smallest absolute Gasteiger partial charge is 0.321 e. The van der Waals surface area contributed by atoms with E-state index in [4.69, 9.17) is 5.11 Å². The van der Waals surface area contributed by atoms with Crippen molar-refractivity contribution in [2.24, 2.45) is 0 Å². The van der Waals surface area contributed by atoms with Crippen molar-refractivity contribution in [3.8, 4) is 0 Å². The molecule has 2 N–H and O–H groups in total. The molecule has 0 amide bonds. The molecular formula is C11H21NO6S. The zero-order valence-corrected chi connectivity index (χ0v) is 12.0. The number of unbranched alkanes of at least 4 members (excludes halogenated alkanes) is 1. The highest BCUT2D eigenvalue weighted by molar-refractivity contribution is 7.89. The Morgan fingerprint density at radius 1 is 1.32 bits per heavy atom. The highest BCUT2D eigenvalue weighted by atomic mass is 32.2. The molecule has 0 aliphatic heterocycles. The number of hydrogen-bond acceptors (Lipinski definition) is 5. The topological polar surface area (TPSA) is 110 Å². The van der Waals surface area contributed by atoms with Crippen molar-refractivity contribution in [3.05, 3.63) is 0 Å². The average molecular weight is 295 g/mol. The molecule has 0 saturated heterocycles. The van der Waals surface area contributed by atoms with Crippen molar-refractivity contribution in [1.29, 1.82) is 0 Å². The lowest BCUT2D eigenvalue weighted by Crippen LogP contribution is -2.42. The van der Waals surface area contributed by atoms with Gasteiger partial charge >= 0.3 is 11.9 Å². The van der Waals surface area contributed by atoms with Gasteiger partial charge in [-0.1, -0.05) is 19.8 Å². The second-order valence-corrected chi connectivity index (χ2v) is 5.90. The summed E-state index contributed by atoms with van der Waals surface area (Å²) in [5, 5.41) is 8.91. The van der Waals surface area contributed by atoms with Crippen LogP contribution in [-0.4, -0.2) is 43.9 Å². The summed E-state index contributed by atoms with van der Waals surface area (Å²) < 4.78 is 30.0. The molecule has 0 aromatic heterocycles. The van der Waals surface area contributed by atoms with Crippen molar-refractivity contribution >= 4 is 22.0 Å². The van der Waals surface area contributed by atoms with Crippen molar-refractivity contribution < 1.29 is 27.9 Å². The van der Waals surface area contributed by atoms with E-state index >= 15 is 0 Å². The van der Waals surface area contributed by atoms with Crippen LogP contribution in [0, 0.1) is 0 Å². The predicted molar refractivity (Wildman–Crippen MR) is 69.1 cm³/mol. The van der Waals surface area contributed by atoms with Crippen LogP contribution < -0.4 is 4.72 Å². The number of ether oxygens (including phenoxy) is 1. The van der Waals surface area contributed by atoms with E-state index in [1.54, 1.807) is 6.92 Å². The van der Waals surface area contributed by atoms with Gasteiger partial charge in [-0.05, 0) is 13.3 Å². The fraction of sp³-hybridized carbons (Fsp3) is 0.818. The van der Waals surface area contributed by atoms with Crippen LogP contribution in [0.4, 0.5) is 0 Å². The normalized spacial score (nSPS) is 12.9. The van der Waals surface area contributed by atoms with E-state index in [1.165, 1.54) is 0 Å². The summed E-state index contributed by atoms with van der Waals surface area (Å²) >= 11 is 0. The maximum atomic E-state index is 11.6. The van der Waals surface area contributed by atoms with E-state index in [-0.39, 0.29) is 19.4 Å². The third kappa shape index (κ3) is 8.55. The van der Waals surface area contributed by atoms with Gasteiger partial charge in [0.1, 0.15) is 6.04 Å². The molecule has 0 aromatic carbocycles. The minimum Gasteiger partial charge on any atom is -0.480 e. The Bertz CT molecular complexity index is 392. The molecule has 0 heterocycles. The van der Waals surface area contributed by atoms with Gasteiger partial charge in [0.25, 0.3) is 0 Å². The lowest BCUT2D eigenvalue weighted by Gasteiger charge is -2.14. The van der Waals surface area contributed by atoms with Gasteiger partial charge in [0.2, 0.25) is 10.0 Å². The summed E-state index contributed by atoms with van der Waals surface area (Å²) in [6.45, 7) is 3.69. The number of hydrogen-bond donors (Lipinski definition) is 2. The monoisotopic (exact) mass is 295 g/mol. The maximum Gasteiger partial charge on any atom is 0.321 e. The molecule has 0 aliphatic rings. The van der Waals surface area contributed by atoms with Crippen molar-refractivity contribution in [2.75, 3.05) is 12.4 Å². The SMILES string of the molecule is CCCC[C@H](NS(=O)(=O)CCC(=O)OCC)C(=O)O. The Hall–Kier alpha value is -1.15. The van der Waals surface area contributed by atoms with E-state index in [1.807, 2.05) is 6.92 Å². The van der Waals surface area contributed by atoms with Crippen LogP contribution in [0.5, 0.6) is 0 Å². The van der Waals surface area contributed by atoms with Crippen LogP contribution in [-0.2, 0) is 24.3 Å². The van der Waals surface area contributed by atoms with E-state index < -0.39 is 33.8 Å². The zero-order valence-electron chi connectivity index (χ0n) is 11.2. The van der Waals surface area contributed by atoms with E-state index in [0.29, 0.717) is 6.42 Å². The van der Waals surface area contributed by atoms with Crippen molar-refractivity contribution in [3.63, 3.8) is 0 Å². The third-order valence-electron chi connectivity index (χ3n) is 2.35. The Balaban J connectivity index is 4.38. The number of carbonyl (C=O) groups excluding carboxylic acids is 1. The largest absolute Gasteiger partial charge is 0.480 e. The van der Waals surface area contributed by atoms with Crippen molar-refractivity contribution in [2.45, 2.75) is 45.6 Å². The van der Waals surface area contributed by atoms with Crippen LogP contribution >= 0.6 is 0 Å². The van der Waals surface area contributed by atoms with Gasteiger partial charge < -0.3 is 9.84 Å². The summed E-state index contributed by atoms with van der Waals surface area (Å²) in [5.41, 5.74) is 0. The summed E-state index contributed by atoms with van der Waals surface area (Å²) in [6.07, 6.45) is 1.32. The van der Waals surface area contributed by atoms with Crippen LogP contribution in [0.2, 0.25) is 0 Å². The van der Waals surface area contributed by atoms with Gasteiger partial charge in [-0.2, -0.15) is 0 Å². The minimum absolute atomic E-state index is 0.181. The number of carboxylic acids is 1. The lowest BCUT2D eigenvalue weighted by atomic mass is 10.1. The van der Waals surface area contributed by atoms with E-state index in [0.717, 1.165) is 6.42 Å². The van der Waals surface area contributed by atoms with Crippen molar-refractivity contribution in [1.82, 2.24) is 4.72 Å². The van der Waals surface area contributed by atoms with Crippen LogP contribution in [0.1, 0.15) is 39.5 Å². The Labute approximate surface area is 113 Å². The fourth-order valence-corrected chi connectivity index (χ4v) is 2.57. The number of rotatable bonds is 10. The second kappa shape index (κ2) is 8.87. The predicted octanol–water partition coefficient (Wildman–Crippen LogP) is 0.502. The first-order valence-corrected chi connectivity index (χ1v) is 7.86. The molecule has 0 fully saturated rings. The fourth-order valence-electron chi connectivity index (χ4n) is 1.37. The highest BCUT2D eigenvalue weighted by Crippen LogP contribution is 2.04. The number of nitrogens with one attached hydrogen (secondary N) is 1. The van der Waals surface area contributed by atoms with Gasteiger partial charge in [-0.25, -0.2) is 13.1 Å². The molecule has 0 aliphatic carbocycles. The molecule has 1 atom stereocenters. The summed E-state index contributed by atoms with van der Waals surface area (Å²) in [7, 11) is -3.80. The molecular weight excluding hydrogens is 274 g/mol. The first-order chi connectivity index (χ1) is 8.82. The quantitative estimate of drug-likeness (QED) is 0.568. The molecule has 7 nitrogen and oxygen atoms in total. The van der Waals surface area contributed by atoms with Gasteiger partial charge in [-0.3, -0.25) is 9.59 Å². The molecule has 0 aromatic rings. The number of esters is 1. The second-order valence-electron chi connectivity index (χ2n) is 4.02. The molecule has 0 unspecified atom stereocenters. The zero-order chi connectivity index (χ0) is 14.9. The lowest BCUT2D eigenvalue weighted by molar-refractivity contribution is -0.142. The number of sulfonamides is 1. The van der Waals surface area contributed by atoms with Gasteiger partial charge in [0.15, 0.2) is 0 Å². The molecule has 0 spiro atoms. The van der Waals surface area contributed by atoms with E-state index in [9.17, 15) is 18.0 Å². The van der Waals surface area contributed by atoms with Gasteiger partial charge in [-0.15, -0.1) is 0 Å². The molecule has 0 rings (SSSR count). The first kappa shape index (κ1) is 17.8. The number of carboxylic acid groups (broad SMARTS) is 1. The Kier molecular flexibility index (Phi) is 8.33. The molecule has 8 heteroatoms.